The lowest BCUT2D eigenvalue weighted by atomic mass is 10.1. The zero-order valence-electron chi connectivity index (χ0n) is 10.3. The number of nitrogens with two attached hydrogens (primary N) is 1. The van der Waals surface area contributed by atoms with E-state index in [1.165, 1.54) is 24.3 Å². The summed E-state index contributed by atoms with van der Waals surface area (Å²) in [4.78, 5) is 0. The maximum atomic E-state index is 13.5. The zero-order valence-corrected chi connectivity index (χ0v) is 11.9. The van der Waals surface area contributed by atoms with Gasteiger partial charge in [0, 0.05) is 15.6 Å². The summed E-state index contributed by atoms with van der Waals surface area (Å²) in [6, 6.07) is 8.17. The second-order valence-electron chi connectivity index (χ2n) is 4.08. The number of nitrogen functional groups attached to an aromatic ring is 1. The lowest BCUT2D eigenvalue weighted by Crippen LogP contribution is -2.15. The molecule has 2 aromatic rings. The first-order valence-electron chi connectivity index (χ1n) is 5.68. The highest BCUT2D eigenvalue weighted by Gasteiger charge is 2.10. The highest BCUT2D eigenvalue weighted by molar-refractivity contribution is 9.10. The summed E-state index contributed by atoms with van der Waals surface area (Å²) in [6.07, 6.45) is 0. The molecule has 3 N–H and O–H groups in total. The van der Waals surface area contributed by atoms with Gasteiger partial charge in [-0.2, -0.15) is 0 Å². The monoisotopic (exact) mass is 340 g/mol. The molecule has 0 unspecified atom stereocenters. The van der Waals surface area contributed by atoms with E-state index in [0.29, 0.717) is 10.0 Å². The van der Waals surface area contributed by atoms with Crippen LogP contribution in [0, 0.1) is 17.0 Å². The molecule has 0 atom stereocenters. The molecule has 0 amide bonds. The fraction of sp³-hybridized carbons (Fsp3) is 0.0714. The Morgan fingerprint density at radius 2 is 1.95 bits per heavy atom. The van der Waals surface area contributed by atoms with Crippen molar-refractivity contribution in [2.45, 2.75) is 6.61 Å². The molecule has 2 aromatic carbocycles. The van der Waals surface area contributed by atoms with Crippen LogP contribution in [0.3, 0.4) is 0 Å². The van der Waals surface area contributed by atoms with Gasteiger partial charge in [-0.05, 0) is 30.3 Å². The predicted molar refractivity (Wildman–Crippen MR) is 75.8 cm³/mol. The number of nitrogens with one attached hydrogen (secondary N) is 1. The number of amidine groups is 1. The minimum Gasteiger partial charge on any atom is -0.486 e. The summed E-state index contributed by atoms with van der Waals surface area (Å²) < 4.78 is 32.7. The Balaban J connectivity index is 2.23. The van der Waals surface area contributed by atoms with Crippen molar-refractivity contribution in [3.05, 3.63) is 63.6 Å². The van der Waals surface area contributed by atoms with Crippen molar-refractivity contribution in [1.29, 1.82) is 5.41 Å². The van der Waals surface area contributed by atoms with Crippen molar-refractivity contribution < 1.29 is 13.5 Å². The molecule has 104 valence electrons. The molecule has 20 heavy (non-hydrogen) atoms. The van der Waals surface area contributed by atoms with Crippen molar-refractivity contribution in [2.24, 2.45) is 5.73 Å². The van der Waals surface area contributed by atoms with Crippen molar-refractivity contribution in [1.82, 2.24) is 0 Å². The fourth-order valence-electron chi connectivity index (χ4n) is 1.67. The van der Waals surface area contributed by atoms with Crippen LogP contribution in [0.5, 0.6) is 5.75 Å². The van der Waals surface area contributed by atoms with Crippen LogP contribution in [0.4, 0.5) is 8.78 Å². The van der Waals surface area contributed by atoms with E-state index >= 15 is 0 Å². The Hall–Kier alpha value is -1.95. The molecule has 0 aliphatic carbocycles. The molecule has 0 heterocycles. The molecule has 3 nitrogen and oxygen atoms in total. The third-order valence-corrected chi connectivity index (χ3v) is 3.13. The van der Waals surface area contributed by atoms with E-state index in [-0.39, 0.29) is 23.8 Å². The number of benzene rings is 2. The van der Waals surface area contributed by atoms with Crippen LogP contribution in [0.25, 0.3) is 0 Å². The van der Waals surface area contributed by atoms with Crippen molar-refractivity contribution >= 4 is 21.8 Å². The van der Waals surface area contributed by atoms with E-state index in [4.69, 9.17) is 15.9 Å². The lowest BCUT2D eigenvalue weighted by molar-refractivity contribution is 0.289. The molecule has 0 aliphatic rings. The van der Waals surface area contributed by atoms with Gasteiger partial charge in [-0.15, -0.1) is 0 Å². The van der Waals surface area contributed by atoms with Gasteiger partial charge in [0.15, 0.2) is 11.6 Å². The maximum absolute atomic E-state index is 13.5. The van der Waals surface area contributed by atoms with Gasteiger partial charge in [0.05, 0.1) is 0 Å². The number of rotatable bonds is 4. The molecule has 0 radical (unpaired) electrons. The fourth-order valence-corrected chi connectivity index (χ4v) is 2.01. The van der Waals surface area contributed by atoms with E-state index in [1.807, 2.05) is 0 Å². The van der Waals surface area contributed by atoms with Crippen LogP contribution < -0.4 is 10.5 Å². The average molecular weight is 341 g/mol. The quantitative estimate of drug-likeness (QED) is 0.660. The topological polar surface area (TPSA) is 59.1 Å². The Morgan fingerprint density at radius 3 is 2.65 bits per heavy atom. The molecule has 0 fully saturated rings. The minimum atomic E-state index is -0.500. The normalized spacial score (nSPS) is 10.3. The van der Waals surface area contributed by atoms with E-state index in [0.717, 1.165) is 6.07 Å². The molecule has 0 aromatic heterocycles. The number of ether oxygens (including phenoxy) is 1. The van der Waals surface area contributed by atoms with Crippen molar-refractivity contribution in [2.75, 3.05) is 0 Å². The Kier molecular flexibility index (Phi) is 4.34. The average Bonchev–Trinajstić information content (AvgIpc) is 2.40. The zero-order chi connectivity index (χ0) is 14.7. The summed E-state index contributed by atoms with van der Waals surface area (Å²) in [6.45, 7) is -0.0113. The summed E-state index contributed by atoms with van der Waals surface area (Å²) in [7, 11) is 0. The first-order chi connectivity index (χ1) is 9.47. The van der Waals surface area contributed by atoms with Crippen LogP contribution in [-0.2, 0) is 6.61 Å². The first kappa shape index (κ1) is 14.5. The largest absolute Gasteiger partial charge is 0.486 e. The summed E-state index contributed by atoms with van der Waals surface area (Å²) in [5, 5.41) is 7.41. The molecule has 0 saturated heterocycles. The third-order valence-electron chi connectivity index (χ3n) is 2.64. The van der Waals surface area contributed by atoms with Gasteiger partial charge in [0.1, 0.15) is 18.3 Å². The van der Waals surface area contributed by atoms with Gasteiger partial charge >= 0.3 is 0 Å². The molecular weight excluding hydrogens is 330 g/mol. The third kappa shape index (κ3) is 3.33. The van der Waals surface area contributed by atoms with E-state index in [1.54, 1.807) is 6.07 Å². The number of halogens is 3. The van der Waals surface area contributed by atoms with E-state index in [2.05, 4.69) is 15.9 Å². The number of hydrogen-bond acceptors (Lipinski definition) is 2. The van der Waals surface area contributed by atoms with Gasteiger partial charge < -0.3 is 10.5 Å². The predicted octanol–water partition coefficient (Wildman–Crippen LogP) is 3.59. The van der Waals surface area contributed by atoms with Crippen LogP contribution in [0.15, 0.2) is 40.9 Å². The number of hydrogen-bond donors (Lipinski definition) is 2. The minimum absolute atomic E-state index is 0.0113. The Labute approximate surface area is 123 Å². The van der Waals surface area contributed by atoms with E-state index < -0.39 is 11.6 Å². The molecular formula is C14H11BrF2N2O. The van der Waals surface area contributed by atoms with Crippen molar-refractivity contribution in [3.63, 3.8) is 0 Å². The van der Waals surface area contributed by atoms with Gasteiger partial charge in [0.25, 0.3) is 0 Å². The highest BCUT2D eigenvalue weighted by atomic mass is 79.9. The second-order valence-corrected chi connectivity index (χ2v) is 4.99. The first-order valence-corrected chi connectivity index (χ1v) is 6.47. The summed E-state index contributed by atoms with van der Waals surface area (Å²) >= 11 is 3.22. The summed E-state index contributed by atoms with van der Waals surface area (Å²) in [5.41, 5.74) is 6.13. The Morgan fingerprint density at radius 1 is 1.20 bits per heavy atom. The van der Waals surface area contributed by atoms with Gasteiger partial charge in [0.2, 0.25) is 0 Å². The SMILES string of the molecule is N=C(N)c1cc(F)ccc1COc1cc(Br)ccc1F. The molecule has 2 rings (SSSR count). The molecule has 0 aliphatic heterocycles. The van der Waals surface area contributed by atoms with Gasteiger partial charge in [-0.25, -0.2) is 8.78 Å². The molecule has 6 heteroatoms. The molecule has 0 bridgehead atoms. The van der Waals surface area contributed by atoms with Crippen LogP contribution >= 0.6 is 15.9 Å². The highest BCUT2D eigenvalue weighted by Crippen LogP contribution is 2.23. The van der Waals surface area contributed by atoms with Crippen molar-refractivity contribution in [3.8, 4) is 5.75 Å². The second kappa shape index (κ2) is 6.00. The van der Waals surface area contributed by atoms with Crippen LogP contribution in [0.2, 0.25) is 0 Å². The maximum Gasteiger partial charge on any atom is 0.165 e. The Bertz CT molecular complexity index is 662. The van der Waals surface area contributed by atoms with Gasteiger partial charge in [-0.1, -0.05) is 22.0 Å². The van der Waals surface area contributed by atoms with Gasteiger partial charge in [-0.3, -0.25) is 5.41 Å². The van der Waals surface area contributed by atoms with Crippen LogP contribution in [-0.4, -0.2) is 5.84 Å². The molecule has 0 saturated carbocycles. The van der Waals surface area contributed by atoms with E-state index in [9.17, 15) is 8.78 Å². The standard InChI is InChI=1S/C14H11BrF2N2O/c15-9-2-4-12(17)13(5-9)20-7-8-1-3-10(16)6-11(8)14(18)19/h1-6H,7H2,(H3,18,19). The smallest absolute Gasteiger partial charge is 0.165 e. The molecule has 0 spiro atoms. The van der Waals surface area contributed by atoms with Crippen LogP contribution in [0.1, 0.15) is 11.1 Å². The lowest BCUT2D eigenvalue weighted by Gasteiger charge is -2.11. The summed E-state index contributed by atoms with van der Waals surface area (Å²) in [5.74, 6) is -1.19.